The minimum absolute atomic E-state index is 0.0449. The van der Waals surface area contributed by atoms with Gasteiger partial charge in [0.05, 0.1) is 17.9 Å². The maximum absolute atomic E-state index is 12.8. The number of aromatic nitrogens is 2. The standard InChI is InChI=1S/C19H26N4O4S/c1-13-17(12-20-22-13)28(25,26)21-11-16-15-8-6-5-7-14(15)9-10-23(16)18(24)27-19(2,3)4/h5-8,12,16,21H,9-11H2,1-4H3,(H,20,22). The number of nitrogens with one attached hydrogen (secondary N) is 2. The van der Waals surface area contributed by atoms with Gasteiger partial charge in [0.1, 0.15) is 10.5 Å². The first kappa shape index (κ1) is 20.3. The van der Waals surface area contributed by atoms with E-state index in [0.717, 1.165) is 11.1 Å². The van der Waals surface area contributed by atoms with Crippen LogP contribution in [0, 0.1) is 6.92 Å². The van der Waals surface area contributed by atoms with Gasteiger partial charge in [-0.05, 0) is 45.2 Å². The maximum atomic E-state index is 12.8. The maximum Gasteiger partial charge on any atom is 0.410 e. The van der Waals surface area contributed by atoms with Crippen molar-refractivity contribution in [3.8, 4) is 0 Å². The van der Waals surface area contributed by atoms with Gasteiger partial charge < -0.3 is 4.74 Å². The van der Waals surface area contributed by atoms with E-state index in [1.54, 1.807) is 11.8 Å². The van der Waals surface area contributed by atoms with Crippen LogP contribution >= 0.6 is 0 Å². The van der Waals surface area contributed by atoms with E-state index in [-0.39, 0.29) is 11.4 Å². The molecule has 2 aromatic rings. The summed E-state index contributed by atoms with van der Waals surface area (Å²) in [6, 6.07) is 7.30. The second-order valence-electron chi connectivity index (χ2n) is 7.85. The fourth-order valence-corrected chi connectivity index (χ4v) is 4.46. The Kier molecular flexibility index (Phi) is 5.49. The lowest BCUT2D eigenvalue weighted by Crippen LogP contribution is -2.47. The minimum atomic E-state index is -3.76. The molecule has 0 saturated carbocycles. The average Bonchev–Trinajstić information content (AvgIpc) is 3.05. The number of amides is 1. The van der Waals surface area contributed by atoms with Crippen molar-refractivity contribution in [2.24, 2.45) is 0 Å². The van der Waals surface area contributed by atoms with Gasteiger partial charge in [0.15, 0.2) is 0 Å². The van der Waals surface area contributed by atoms with Crippen molar-refractivity contribution in [2.75, 3.05) is 13.1 Å². The monoisotopic (exact) mass is 406 g/mol. The van der Waals surface area contributed by atoms with E-state index >= 15 is 0 Å². The highest BCUT2D eigenvalue weighted by Crippen LogP contribution is 2.31. The van der Waals surface area contributed by atoms with E-state index in [9.17, 15) is 13.2 Å². The Bertz CT molecular complexity index is 962. The predicted octanol–water partition coefficient (Wildman–Crippen LogP) is 2.53. The summed E-state index contributed by atoms with van der Waals surface area (Å²) in [6.45, 7) is 7.57. The quantitative estimate of drug-likeness (QED) is 0.812. The zero-order valence-corrected chi connectivity index (χ0v) is 17.3. The van der Waals surface area contributed by atoms with E-state index in [4.69, 9.17) is 4.74 Å². The topological polar surface area (TPSA) is 104 Å². The molecule has 2 heterocycles. The summed E-state index contributed by atoms with van der Waals surface area (Å²) in [5.41, 5.74) is 1.85. The molecule has 2 N–H and O–H groups in total. The van der Waals surface area contributed by atoms with E-state index < -0.39 is 27.8 Å². The van der Waals surface area contributed by atoms with Crippen molar-refractivity contribution in [1.82, 2.24) is 19.8 Å². The van der Waals surface area contributed by atoms with E-state index in [0.29, 0.717) is 18.7 Å². The van der Waals surface area contributed by atoms with Crippen molar-refractivity contribution in [2.45, 2.75) is 50.7 Å². The first-order chi connectivity index (χ1) is 13.1. The Morgan fingerprint density at radius 2 is 2.07 bits per heavy atom. The Morgan fingerprint density at radius 3 is 2.71 bits per heavy atom. The predicted molar refractivity (Wildman–Crippen MR) is 104 cm³/mol. The lowest BCUT2D eigenvalue weighted by Gasteiger charge is -2.38. The van der Waals surface area contributed by atoms with Gasteiger partial charge in [0.2, 0.25) is 10.0 Å². The summed E-state index contributed by atoms with van der Waals surface area (Å²) in [5, 5.41) is 6.40. The van der Waals surface area contributed by atoms with Gasteiger partial charge in [-0.15, -0.1) is 0 Å². The summed E-state index contributed by atoms with van der Waals surface area (Å²) in [4.78, 5) is 14.4. The van der Waals surface area contributed by atoms with Crippen molar-refractivity contribution >= 4 is 16.1 Å². The van der Waals surface area contributed by atoms with Crippen molar-refractivity contribution in [3.05, 3.63) is 47.3 Å². The van der Waals surface area contributed by atoms with Crippen LogP contribution in [0.2, 0.25) is 0 Å². The van der Waals surface area contributed by atoms with Crippen molar-refractivity contribution in [1.29, 1.82) is 0 Å². The normalized spacial score (nSPS) is 17.3. The molecular formula is C19H26N4O4S. The third-order valence-electron chi connectivity index (χ3n) is 4.58. The van der Waals surface area contributed by atoms with Crippen LogP contribution in [-0.2, 0) is 21.2 Å². The number of hydrogen-bond donors (Lipinski definition) is 2. The molecule has 9 heteroatoms. The van der Waals surface area contributed by atoms with Crippen LogP contribution in [0.25, 0.3) is 0 Å². The summed E-state index contributed by atoms with van der Waals surface area (Å²) < 4.78 is 33.5. The lowest BCUT2D eigenvalue weighted by molar-refractivity contribution is 0.0146. The number of nitrogens with zero attached hydrogens (tertiary/aromatic N) is 2. The molecule has 0 saturated heterocycles. The number of carbonyl (C=O) groups excluding carboxylic acids is 1. The zero-order valence-electron chi connectivity index (χ0n) is 16.5. The molecule has 1 aliphatic heterocycles. The third kappa shape index (κ3) is 4.36. The Balaban J connectivity index is 1.87. The number of sulfonamides is 1. The highest BCUT2D eigenvalue weighted by atomic mass is 32.2. The van der Waals surface area contributed by atoms with Crippen LogP contribution in [0.3, 0.4) is 0 Å². The van der Waals surface area contributed by atoms with E-state index in [2.05, 4.69) is 14.9 Å². The highest BCUT2D eigenvalue weighted by Gasteiger charge is 2.34. The fraction of sp³-hybridized carbons (Fsp3) is 0.474. The van der Waals surface area contributed by atoms with E-state index in [1.807, 2.05) is 45.0 Å². The molecule has 0 fully saturated rings. The van der Waals surface area contributed by atoms with Crippen molar-refractivity contribution < 1.29 is 17.9 Å². The third-order valence-corrected chi connectivity index (χ3v) is 6.12. The first-order valence-electron chi connectivity index (χ1n) is 9.15. The number of H-pyrrole nitrogens is 1. The number of ether oxygens (including phenoxy) is 1. The van der Waals surface area contributed by atoms with Crippen LogP contribution in [-0.4, -0.2) is 48.3 Å². The van der Waals surface area contributed by atoms with Gasteiger partial charge in [-0.2, -0.15) is 5.10 Å². The van der Waals surface area contributed by atoms with Crippen LogP contribution in [0.1, 0.15) is 43.6 Å². The number of aromatic amines is 1. The molecule has 0 spiro atoms. The van der Waals surface area contributed by atoms with Crippen LogP contribution in [0.15, 0.2) is 35.4 Å². The number of fused-ring (bicyclic) bond motifs is 1. The largest absolute Gasteiger partial charge is 0.444 e. The second kappa shape index (κ2) is 7.56. The number of carbonyl (C=O) groups is 1. The molecule has 1 unspecified atom stereocenters. The molecule has 152 valence electrons. The summed E-state index contributed by atoms with van der Waals surface area (Å²) in [5.74, 6) is 0. The second-order valence-corrected chi connectivity index (χ2v) is 9.58. The van der Waals surface area contributed by atoms with Gasteiger partial charge in [-0.3, -0.25) is 10.00 Å². The van der Waals surface area contributed by atoms with Crippen LogP contribution in [0.4, 0.5) is 4.79 Å². The first-order valence-corrected chi connectivity index (χ1v) is 10.6. The Hall–Kier alpha value is -2.39. The summed E-state index contributed by atoms with van der Waals surface area (Å²) in [7, 11) is -3.76. The molecular weight excluding hydrogens is 380 g/mol. The molecule has 1 atom stereocenters. The Morgan fingerprint density at radius 1 is 1.36 bits per heavy atom. The van der Waals surface area contributed by atoms with Crippen molar-refractivity contribution in [3.63, 3.8) is 0 Å². The number of benzene rings is 1. The molecule has 0 bridgehead atoms. The Labute approximate surface area is 165 Å². The molecule has 28 heavy (non-hydrogen) atoms. The molecule has 1 aliphatic rings. The molecule has 3 rings (SSSR count). The fourth-order valence-electron chi connectivity index (χ4n) is 3.29. The number of aryl methyl sites for hydroxylation is 1. The molecule has 8 nitrogen and oxygen atoms in total. The SMILES string of the molecule is Cc1[nH]ncc1S(=O)(=O)NCC1c2ccccc2CCN1C(=O)OC(C)(C)C. The van der Waals surface area contributed by atoms with E-state index in [1.165, 1.54) is 6.20 Å². The van der Waals surface area contributed by atoms with Gasteiger partial charge in [-0.1, -0.05) is 24.3 Å². The molecule has 1 aromatic carbocycles. The molecule has 1 aromatic heterocycles. The minimum Gasteiger partial charge on any atom is -0.444 e. The number of hydrogen-bond acceptors (Lipinski definition) is 5. The molecule has 1 amide bonds. The summed E-state index contributed by atoms with van der Waals surface area (Å²) >= 11 is 0. The zero-order chi connectivity index (χ0) is 20.5. The van der Waals surface area contributed by atoms with Gasteiger partial charge in [0.25, 0.3) is 0 Å². The summed E-state index contributed by atoms with van der Waals surface area (Å²) in [6.07, 6.45) is 1.52. The smallest absolute Gasteiger partial charge is 0.410 e. The van der Waals surface area contributed by atoms with Crippen LogP contribution in [0.5, 0.6) is 0 Å². The molecule has 0 radical (unpaired) electrons. The lowest BCUT2D eigenvalue weighted by atomic mass is 9.93. The van der Waals surface area contributed by atoms with Crippen LogP contribution < -0.4 is 4.72 Å². The van der Waals surface area contributed by atoms with Gasteiger partial charge >= 0.3 is 6.09 Å². The van der Waals surface area contributed by atoms with Gasteiger partial charge in [0, 0.05) is 13.1 Å². The van der Waals surface area contributed by atoms with Gasteiger partial charge in [-0.25, -0.2) is 17.9 Å². The number of rotatable bonds is 4. The highest BCUT2D eigenvalue weighted by molar-refractivity contribution is 7.89. The molecule has 0 aliphatic carbocycles. The average molecular weight is 407 g/mol.